The highest BCUT2D eigenvalue weighted by molar-refractivity contribution is 6.30. The van der Waals surface area contributed by atoms with Crippen molar-refractivity contribution in [1.82, 2.24) is 4.90 Å². The van der Waals surface area contributed by atoms with Gasteiger partial charge in [0, 0.05) is 5.02 Å². The first-order valence-corrected chi connectivity index (χ1v) is 7.59. The van der Waals surface area contributed by atoms with Crippen LogP contribution in [0.2, 0.25) is 5.02 Å². The van der Waals surface area contributed by atoms with Gasteiger partial charge in [0.15, 0.2) is 0 Å². The summed E-state index contributed by atoms with van der Waals surface area (Å²) in [4.78, 5) is 2.13. The van der Waals surface area contributed by atoms with Gasteiger partial charge in [-0.05, 0) is 56.7 Å². The molecule has 0 fully saturated rings. The number of rotatable bonds is 6. The first-order valence-electron chi connectivity index (χ1n) is 7.21. The second-order valence-electron chi connectivity index (χ2n) is 5.64. The molecule has 2 nitrogen and oxygen atoms in total. The molecule has 0 amide bonds. The van der Waals surface area contributed by atoms with E-state index in [0.717, 1.165) is 24.1 Å². The van der Waals surface area contributed by atoms with Gasteiger partial charge < -0.3 is 10.0 Å². The largest absolute Gasteiger partial charge is 0.380 e. The summed E-state index contributed by atoms with van der Waals surface area (Å²) in [7, 11) is 4.09. The van der Waals surface area contributed by atoms with E-state index in [4.69, 9.17) is 11.6 Å². The first-order chi connectivity index (χ1) is 10.0. The zero-order valence-corrected chi connectivity index (χ0v) is 14.6. The van der Waals surface area contributed by atoms with Crippen LogP contribution in [-0.2, 0) is 5.60 Å². The lowest BCUT2D eigenvalue weighted by atomic mass is 9.82. The molecule has 0 aliphatic heterocycles. The van der Waals surface area contributed by atoms with Crippen LogP contribution < -0.4 is 0 Å². The third kappa shape index (κ3) is 4.72. The van der Waals surface area contributed by atoms with E-state index >= 15 is 0 Å². The number of halogens is 2. The number of hydrogen-bond acceptors (Lipinski definition) is 2. The van der Waals surface area contributed by atoms with Crippen molar-refractivity contribution in [2.45, 2.75) is 18.4 Å². The maximum absolute atomic E-state index is 11.3. The molecule has 0 radical (unpaired) electrons. The van der Waals surface area contributed by atoms with Crippen LogP contribution in [0.4, 0.5) is 0 Å². The molecular weight excluding hydrogens is 317 g/mol. The SMILES string of the molecule is CN(C)CCCC(O)(c1ccccc1)c1cccc(Cl)c1.Cl. The second-order valence-corrected chi connectivity index (χ2v) is 6.08. The molecule has 120 valence electrons. The fourth-order valence-electron chi connectivity index (χ4n) is 2.57. The summed E-state index contributed by atoms with van der Waals surface area (Å²) in [5.74, 6) is 0. The van der Waals surface area contributed by atoms with Crippen molar-refractivity contribution in [3.63, 3.8) is 0 Å². The summed E-state index contributed by atoms with van der Waals surface area (Å²) in [6.45, 7) is 0.940. The van der Waals surface area contributed by atoms with Gasteiger partial charge in [0.1, 0.15) is 5.60 Å². The Balaban J connectivity index is 0.00000242. The molecular formula is C18H23Cl2NO. The maximum Gasteiger partial charge on any atom is 0.115 e. The Labute approximate surface area is 144 Å². The monoisotopic (exact) mass is 339 g/mol. The van der Waals surface area contributed by atoms with Gasteiger partial charge in [0.25, 0.3) is 0 Å². The summed E-state index contributed by atoms with van der Waals surface area (Å²) in [5.41, 5.74) is 0.758. The average molecular weight is 340 g/mol. The smallest absolute Gasteiger partial charge is 0.115 e. The lowest BCUT2D eigenvalue weighted by molar-refractivity contribution is 0.0665. The quantitative estimate of drug-likeness (QED) is 0.846. The molecule has 0 spiro atoms. The summed E-state index contributed by atoms with van der Waals surface area (Å²) in [6, 6.07) is 17.3. The van der Waals surface area contributed by atoms with E-state index in [-0.39, 0.29) is 12.4 Å². The van der Waals surface area contributed by atoms with E-state index in [1.807, 2.05) is 68.7 Å². The van der Waals surface area contributed by atoms with E-state index in [0.29, 0.717) is 11.4 Å². The van der Waals surface area contributed by atoms with Crippen molar-refractivity contribution in [1.29, 1.82) is 0 Å². The lowest BCUT2D eigenvalue weighted by Crippen LogP contribution is -2.28. The van der Waals surface area contributed by atoms with Crippen molar-refractivity contribution < 1.29 is 5.11 Å². The van der Waals surface area contributed by atoms with E-state index < -0.39 is 5.60 Å². The van der Waals surface area contributed by atoms with Gasteiger partial charge in [-0.1, -0.05) is 54.1 Å². The van der Waals surface area contributed by atoms with E-state index in [1.165, 1.54) is 0 Å². The predicted molar refractivity (Wildman–Crippen MR) is 95.9 cm³/mol. The zero-order chi connectivity index (χ0) is 15.3. The van der Waals surface area contributed by atoms with Crippen molar-refractivity contribution in [3.8, 4) is 0 Å². The molecule has 0 aliphatic carbocycles. The van der Waals surface area contributed by atoms with Gasteiger partial charge in [-0.25, -0.2) is 0 Å². The average Bonchev–Trinajstić information content (AvgIpc) is 2.47. The van der Waals surface area contributed by atoms with Gasteiger partial charge in [-0.2, -0.15) is 0 Å². The standard InChI is InChI=1S/C18H22ClNO.ClH/c1-20(2)13-7-12-18(21,15-8-4-3-5-9-15)16-10-6-11-17(19)14-16;/h3-6,8-11,14,21H,7,12-13H2,1-2H3;1H. The van der Waals surface area contributed by atoms with E-state index in [1.54, 1.807) is 0 Å². The molecule has 0 saturated heterocycles. The molecule has 0 heterocycles. The van der Waals surface area contributed by atoms with Gasteiger partial charge in [0.2, 0.25) is 0 Å². The van der Waals surface area contributed by atoms with Crippen LogP contribution >= 0.6 is 24.0 Å². The van der Waals surface area contributed by atoms with Gasteiger partial charge >= 0.3 is 0 Å². The summed E-state index contributed by atoms with van der Waals surface area (Å²) in [6.07, 6.45) is 1.57. The summed E-state index contributed by atoms with van der Waals surface area (Å²) in [5, 5.41) is 12.0. The zero-order valence-electron chi connectivity index (χ0n) is 13.0. The van der Waals surface area contributed by atoms with Crippen LogP contribution in [0, 0.1) is 0 Å². The van der Waals surface area contributed by atoms with Gasteiger partial charge in [-0.3, -0.25) is 0 Å². The molecule has 2 aromatic carbocycles. The Morgan fingerprint density at radius 3 is 2.23 bits per heavy atom. The van der Waals surface area contributed by atoms with Crippen LogP contribution in [0.1, 0.15) is 24.0 Å². The molecule has 0 aromatic heterocycles. The minimum Gasteiger partial charge on any atom is -0.380 e. The Kier molecular flexibility index (Phi) is 7.37. The van der Waals surface area contributed by atoms with Crippen LogP contribution in [0.15, 0.2) is 54.6 Å². The lowest BCUT2D eigenvalue weighted by Gasteiger charge is -2.30. The number of benzene rings is 2. The van der Waals surface area contributed by atoms with Crippen molar-refractivity contribution in [2.24, 2.45) is 0 Å². The summed E-state index contributed by atoms with van der Waals surface area (Å²) < 4.78 is 0. The molecule has 0 saturated carbocycles. The molecule has 2 rings (SSSR count). The fourth-order valence-corrected chi connectivity index (χ4v) is 2.76. The van der Waals surface area contributed by atoms with Crippen LogP contribution in [0.3, 0.4) is 0 Å². The molecule has 22 heavy (non-hydrogen) atoms. The van der Waals surface area contributed by atoms with E-state index in [2.05, 4.69) is 4.90 Å². The third-order valence-corrected chi connectivity index (χ3v) is 3.93. The van der Waals surface area contributed by atoms with Crippen molar-refractivity contribution in [3.05, 3.63) is 70.7 Å². The molecule has 4 heteroatoms. The molecule has 0 bridgehead atoms. The molecule has 1 atom stereocenters. The Bertz CT molecular complexity index is 574. The number of hydrogen-bond donors (Lipinski definition) is 1. The maximum atomic E-state index is 11.3. The first kappa shape index (κ1) is 19.0. The van der Waals surface area contributed by atoms with Gasteiger partial charge in [-0.15, -0.1) is 12.4 Å². The van der Waals surface area contributed by atoms with Crippen molar-refractivity contribution in [2.75, 3.05) is 20.6 Å². The van der Waals surface area contributed by atoms with Gasteiger partial charge in [0.05, 0.1) is 0 Å². The van der Waals surface area contributed by atoms with Crippen LogP contribution in [0.25, 0.3) is 0 Å². The second kappa shape index (κ2) is 8.54. The number of aliphatic hydroxyl groups is 1. The Morgan fingerprint density at radius 2 is 1.64 bits per heavy atom. The minimum absolute atomic E-state index is 0. The molecule has 2 aromatic rings. The molecule has 1 N–H and O–H groups in total. The topological polar surface area (TPSA) is 23.5 Å². The highest BCUT2D eigenvalue weighted by Gasteiger charge is 2.31. The highest BCUT2D eigenvalue weighted by Crippen LogP contribution is 2.35. The number of nitrogens with zero attached hydrogens (tertiary/aromatic N) is 1. The Morgan fingerprint density at radius 1 is 1.00 bits per heavy atom. The van der Waals surface area contributed by atoms with Crippen molar-refractivity contribution >= 4 is 24.0 Å². The normalized spacial score (nSPS) is 13.5. The fraction of sp³-hybridized carbons (Fsp3) is 0.333. The molecule has 0 aliphatic rings. The van der Waals surface area contributed by atoms with Crippen LogP contribution in [-0.4, -0.2) is 30.6 Å². The highest BCUT2D eigenvalue weighted by atomic mass is 35.5. The predicted octanol–water partition coefficient (Wildman–Crippen LogP) is 4.34. The van der Waals surface area contributed by atoms with E-state index in [9.17, 15) is 5.11 Å². The Hall–Kier alpha value is -1.06. The summed E-state index contributed by atoms with van der Waals surface area (Å²) >= 11 is 6.10. The minimum atomic E-state index is -0.998. The third-order valence-electron chi connectivity index (χ3n) is 3.70. The molecule has 1 unspecified atom stereocenters. The van der Waals surface area contributed by atoms with Crippen LogP contribution in [0.5, 0.6) is 0 Å².